The number of aromatic nitrogens is 6. The lowest BCUT2D eigenvalue weighted by atomic mass is 10.2. The number of carbonyl (C=O) groups is 1. The van der Waals surface area contributed by atoms with Crippen LogP contribution in [0.3, 0.4) is 0 Å². The fourth-order valence-corrected chi connectivity index (χ4v) is 5.26. The summed E-state index contributed by atoms with van der Waals surface area (Å²) in [5, 5.41) is 14.3. The van der Waals surface area contributed by atoms with E-state index in [9.17, 15) is 4.79 Å². The summed E-state index contributed by atoms with van der Waals surface area (Å²) in [5.74, 6) is 0.384. The highest BCUT2D eigenvalue weighted by molar-refractivity contribution is 5.95. The quantitative estimate of drug-likeness (QED) is 0.301. The van der Waals surface area contributed by atoms with Gasteiger partial charge in [0, 0.05) is 56.8 Å². The van der Waals surface area contributed by atoms with Gasteiger partial charge in [0.25, 0.3) is 0 Å². The van der Waals surface area contributed by atoms with E-state index >= 15 is 0 Å². The van der Waals surface area contributed by atoms with Gasteiger partial charge >= 0.3 is 5.97 Å². The van der Waals surface area contributed by atoms with Crippen molar-refractivity contribution in [1.82, 2.24) is 34.0 Å². The Morgan fingerprint density at radius 2 is 1.77 bits per heavy atom. The van der Waals surface area contributed by atoms with Crippen molar-refractivity contribution in [3.63, 3.8) is 0 Å². The molecule has 0 aliphatic carbocycles. The van der Waals surface area contributed by atoms with Gasteiger partial charge in [0.05, 0.1) is 5.39 Å². The molecule has 4 aromatic heterocycles. The molecule has 3 N–H and O–H groups in total. The van der Waals surface area contributed by atoms with Crippen LogP contribution in [0.1, 0.15) is 11.3 Å². The highest BCUT2D eigenvalue weighted by Crippen LogP contribution is 2.30. The minimum atomic E-state index is -0.987. The standard InChI is InChI=1S/C28H31N9O3/c1-18-19(2)36(26-24(18)27-31-25(22-5-3-4-10-30-22)33-37(27)28(29)32-26)16-13-34-11-14-35(15-12-34)20-6-8-21(9-7-20)40-17-23(38)39/h3-10H,11-17H2,1-2H3,(H2,29,32)(H,38,39). The molecule has 0 unspecified atom stereocenters. The van der Waals surface area contributed by atoms with Crippen LogP contribution in [0.4, 0.5) is 11.6 Å². The molecule has 40 heavy (non-hydrogen) atoms. The number of nitrogens with two attached hydrogens (primary N) is 1. The van der Waals surface area contributed by atoms with Crippen LogP contribution >= 0.6 is 0 Å². The van der Waals surface area contributed by atoms with Crippen molar-refractivity contribution in [1.29, 1.82) is 0 Å². The number of rotatable bonds is 8. The maximum atomic E-state index is 10.7. The van der Waals surface area contributed by atoms with Crippen molar-refractivity contribution < 1.29 is 14.6 Å². The molecular formula is C28H31N9O3. The topological polar surface area (TPSA) is 140 Å². The molecule has 12 nitrogen and oxygen atoms in total. The van der Waals surface area contributed by atoms with Gasteiger partial charge in [0.1, 0.15) is 17.1 Å². The zero-order valence-electron chi connectivity index (χ0n) is 22.5. The van der Waals surface area contributed by atoms with Crippen LogP contribution in [0.15, 0.2) is 48.7 Å². The lowest BCUT2D eigenvalue weighted by Gasteiger charge is -2.36. The molecule has 1 saturated heterocycles. The van der Waals surface area contributed by atoms with E-state index in [1.807, 2.05) is 42.5 Å². The predicted octanol–water partition coefficient (Wildman–Crippen LogP) is 2.63. The molecule has 1 fully saturated rings. The second-order valence-corrected chi connectivity index (χ2v) is 9.92. The van der Waals surface area contributed by atoms with Crippen molar-refractivity contribution in [2.45, 2.75) is 20.4 Å². The Balaban J connectivity index is 1.16. The van der Waals surface area contributed by atoms with Crippen molar-refractivity contribution in [3.8, 4) is 17.3 Å². The summed E-state index contributed by atoms with van der Waals surface area (Å²) in [6.07, 6.45) is 1.72. The number of benzene rings is 1. The van der Waals surface area contributed by atoms with E-state index in [0.29, 0.717) is 28.9 Å². The lowest BCUT2D eigenvalue weighted by molar-refractivity contribution is -0.139. The first-order valence-electron chi connectivity index (χ1n) is 13.2. The van der Waals surface area contributed by atoms with Gasteiger partial charge in [-0.15, -0.1) is 5.10 Å². The summed E-state index contributed by atoms with van der Waals surface area (Å²) in [6.45, 7) is 9.22. The van der Waals surface area contributed by atoms with Gasteiger partial charge < -0.3 is 25.0 Å². The zero-order valence-corrected chi connectivity index (χ0v) is 22.5. The molecule has 1 aliphatic heterocycles. The van der Waals surface area contributed by atoms with Crippen molar-refractivity contribution in [2.75, 3.05) is 50.0 Å². The number of hydrogen-bond donors (Lipinski definition) is 2. The highest BCUT2D eigenvalue weighted by Gasteiger charge is 2.22. The number of aliphatic carboxylic acids is 1. The normalized spacial score (nSPS) is 14.3. The molecule has 0 spiro atoms. The number of nitrogens with zero attached hydrogens (tertiary/aromatic N) is 8. The second kappa shape index (κ2) is 10.5. The van der Waals surface area contributed by atoms with Crippen LogP contribution in [-0.2, 0) is 11.3 Å². The molecule has 0 atom stereocenters. The summed E-state index contributed by atoms with van der Waals surface area (Å²) in [7, 11) is 0. The van der Waals surface area contributed by atoms with E-state index in [-0.39, 0.29) is 6.61 Å². The Morgan fingerprint density at radius 1 is 1.00 bits per heavy atom. The maximum Gasteiger partial charge on any atom is 0.341 e. The molecule has 0 radical (unpaired) electrons. The third-order valence-corrected chi connectivity index (χ3v) is 7.54. The van der Waals surface area contributed by atoms with Gasteiger partial charge in [-0.1, -0.05) is 6.07 Å². The first-order valence-corrected chi connectivity index (χ1v) is 13.2. The van der Waals surface area contributed by atoms with Gasteiger partial charge in [-0.05, 0) is 55.8 Å². The Kier molecular flexibility index (Phi) is 6.68. The van der Waals surface area contributed by atoms with E-state index < -0.39 is 5.97 Å². The number of ether oxygens (including phenoxy) is 1. The molecule has 206 valence electrons. The lowest BCUT2D eigenvalue weighted by Crippen LogP contribution is -2.47. The third-order valence-electron chi connectivity index (χ3n) is 7.54. The van der Waals surface area contributed by atoms with Gasteiger partial charge in [0.15, 0.2) is 12.3 Å². The van der Waals surface area contributed by atoms with E-state index in [2.05, 4.69) is 38.3 Å². The van der Waals surface area contributed by atoms with Crippen LogP contribution in [0.5, 0.6) is 5.75 Å². The minimum Gasteiger partial charge on any atom is -0.482 e. The maximum absolute atomic E-state index is 10.7. The van der Waals surface area contributed by atoms with E-state index in [1.165, 1.54) is 0 Å². The van der Waals surface area contributed by atoms with E-state index in [0.717, 1.165) is 67.2 Å². The first kappa shape index (κ1) is 25.6. The SMILES string of the molecule is Cc1c(C)n(CCN2CCN(c3ccc(OCC(=O)O)cc3)CC2)c2nc(N)n3nc(-c4ccccn4)nc3c12. The molecule has 0 amide bonds. The molecular weight excluding hydrogens is 510 g/mol. The van der Waals surface area contributed by atoms with Gasteiger partial charge in [0.2, 0.25) is 11.8 Å². The molecule has 6 rings (SSSR count). The van der Waals surface area contributed by atoms with Crippen LogP contribution in [-0.4, -0.2) is 84.4 Å². The van der Waals surface area contributed by atoms with Gasteiger partial charge in [-0.2, -0.15) is 9.50 Å². The fourth-order valence-electron chi connectivity index (χ4n) is 5.26. The number of carboxylic acid groups (broad SMARTS) is 1. The summed E-state index contributed by atoms with van der Waals surface area (Å²) in [6, 6.07) is 13.2. The monoisotopic (exact) mass is 541 g/mol. The number of fused-ring (bicyclic) bond motifs is 3. The number of piperazine rings is 1. The van der Waals surface area contributed by atoms with Crippen molar-refractivity contribution in [2.24, 2.45) is 0 Å². The second-order valence-electron chi connectivity index (χ2n) is 9.92. The van der Waals surface area contributed by atoms with E-state index in [4.69, 9.17) is 25.5 Å². The Morgan fingerprint density at radius 3 is 2.48 bits per heavy atom. The molecule has 5 aromatic rings. The molecule has 1 aromatic carbocycles. The summed E-state index contributed by atoms with van der Waals surface area (Å²) in [4.78, 5) is 29.4. The fraction of sp³-hybridized carbons (Fsp3) is 0.321. The number of carboxylic acids is 1. The third kappa shape index (κ3) is 4.77. The first-order chi connectivity index (χ1) is 19.4. The summed E-state index contributed by atoms with van der Waals surface area (Å²) in [5.41, 5.74) is 11.9. The smallest absolute Gasteiger partial charge is 0.341 e. The number of pyridine rings is 1. The van der Waals surface area contributed by atoms with Crippen LogP contribution < -0.4 is 15.4 Å². The van der Waals surface area contributed by atoms with Gasteiger partial charge in [-0.3, -0.25) is 9.88 Å². The molecule has 1 aliphatic rings. The molecule has 0 bridgehead atoms. The molecule has 12 heteroatoms. The van der Waals surface area contributed by atoms with Crippen LogP contribution in [0.2, 0.25) is 0 Å². The van der Waals surface area contributed by atoms with Crippen molar-refractivity contribution >= 4 is 34.3 Å². The Labute approximate surface area is 230 Å². The van der Waals surface area contributed by atoms with Gasteiger partial charge in [-0.25, -0.2) is 9.78 Å². The highest BCUT2D eigenvalue weighted by atomic mass is 16.5. The molecule has 5 heterocycles. The van der Waals surface area contributed by atoms with Crippen LogP contribution in [0.25, 0.3) is 28.2 Å². The average Bonchev–Trinajstić information content (AvgIpc) is 3.52. The number of aryl methyl sites for hydroxylation is 1. The molecule has 0 saturated carbocycles. The number of nitrogen functional groups attached to an aromatic ring is 1. The summed E-state index contributed by atoms with van der Waals surface area (Å²) >= 11 is 0. The largest absolute Gasteiger partial charge is 0.482 e. The summed E-state index contributed by atoms with van der Waals surface area (Å²) < 4.78 is 9.08. The van der Waals surface area contributed by atoms with Crippen LogP contribution in [0, 0.1) is 13.8 Å². The Hall–Kier alpha value is -4.71. The number of hydrogen-bond acceptors (Lipinski definition) is 9. The minimum absolute atomic E-state index is 0.295. The number of anilines is 2. The zero-order chi connectivity index (χ0) is 27.8. The predicted molar refractivity (Wildman–Crippen MR) is 152 cm³/mol. The van der Waals surface area contributed by atoms with Crippen molar-refractivity contribution in [3.05, 3.63) is 59.9 Å². The van der Waals surface area contributed by atoms with E-state index in [1.54, 1.807) is 10.7 Å². The Bertz CT molecular complexity index is 1670. The average molecular weight is 542 g/mol.